The number of aryl methyl sites for hydroxylation is 2. The minimum atomic E-state index is -1.02. The largest absolute Gasteiger partial charge is 0.273 e. The minimum Gasteiger partial charge on any atom is -0.273 e. The Hall–Kier alpha value is -3.51. The Morgan fingerprint density at radius 2 is 1.58 bits per heavy atom. The lowest BCUT2D eigenvalue weighted by Gasteiger charge is -2.29. The SMILES string of the molecule is Cc1ccc(N2C(=O)C3ON(c4ccccc4)C(c4ccccc4F)C3C2=O)c(C)c1. The fourth-order valence-corrected chi connectivity index (χ4v) is 4.54. The summed E-state index contributed by atoms with van der Waals surface area (Å²) in [7, 11) is 0. The first kappa shape index (κ1) is 19.5. The van der Waals surface area contributed by atoms with Crippen molar-refractivity contribution in [2.45, 2.75) is 26.0 Å². The van der Waals surface area contributed by atoms with Crippen LogP contribution in [0, 0.1) is 25.6 Å². The van der Waals surface area contributed by atoms with Gasteiger partial charge >= 0.3 is 0 Å². The molecule has 0 bridgehead atoms. The van der Waals surface area contributed by atoms with E-state index in [-0.39, 0.29) is 5.91 Å². The molecule has 2 amide bonds. The van der Waals surface area contributed by atoms with Gasteiger partial charge in [-0.3, -0.25) is 14.4 Å². The molecule has 0 N–H and O–H groups in total. The third-order valence-corrected chi connectivity index (χ3v) is 5.94. The highest BCUT2D eigenvalue weighted by Gasteiger charge is 2.60. The van der Waals surface area contributed by atoms with E-state index in [2.05, 4.69) is 0 Å². The molecule has 2 fully saturated rings. The maximum atomic E-state index is 14.8. The van der Waals surface area contributed by atoms with Gasteiger partial charge in [0.25, 0.3) is 5.91 Å². The molecule has 3 unspecified atom stereocenters. The molecular formula is C25H21FN2O3. The van der Waals surface area contributed by atoms with Crippen LogP contribution in [0.25, 0.3) is 0 Å². The van der Waals surface area contributed by atoms with Crippen LogP contribution >= 0.6 is 0 Å². The van der Waals surface area contributed by atoms with E-state index in [9.17, 15) is 14.0 Å². The van der Waals surface area contributed by atoms with Crippen LogP contribution in [0.1, 0.15) is 22.7 Å². The van der Waals surface area contributed by atoms with Gasteiger partial charge in [0.1, 0.15) is 11.7 Å². The zero-order valence-corrected chi connectivity index (χ0v) is 17.2. The van der Waals surface area contributed by atoms with Crippen molar-refractivity contribution in [3.05, 3.63) is 95.3 Å². The highest BCUT2D eigenvalue weighted by atomic mass is 19.1. The Kier molecular flexibility index (Phi) is 4.59. The van der Waals surface area contributed by atoms with E-state index in [0.717, 1.165) is 11.1 Å². The van der Waals surface area contributed by atoms with E-state index in [1.807, 2.05) is 56.3 Å². The number of imide groups is 1. The molecule has 3 aromatic rings. The van der Waals surface area contributed by atoms with Crippen LogP contribution < -0.4 is 9.96 Å². The van der Waals surface area contributed by atoms with Gasteiger partial charge in [-0.1, -0.05) is 54.1 Å². The van der Waals surface area contributed by atoms with Crippen molar-refractivity contribution in [3.63, 3.8) is 0 Å². The summed E-state index contributed by atoms with van der Waals surface area (Å²) in [5.74, 6) is -2.11. The molecule has 0 saturated carbocycles. The Labute approximate surface area is 179 Å². The highest BCUT2D eigenvalue weighted by Crippen LogP contribution is 2.48. The summed E-state index contributed by atoms with van der Waals surface area (Å²) in [6.45, 7) is 3.82. The van der Waals surface area contributed by atoms with E-state index < -0.39 is 29.8 Å². The molecule has 3 aromatic carbocycles. The average molecular weight is 416 g/mol. The van der Waals surface area contributed by atoms with Crippen LogP contribution in [0.3, 0.4) is 0 Å². The first-order valence-corrected chi connectivity index (χ1v) is 10.2. The van der Waals surface area contributed by atoms with Crippen molar-refractivity contribution in [3.8, 4) is 0 Å². The summed E-state index contributed by atoms with van der Waals surface area (Å²) in [5.41, 5.74) is 3.38. The number of nitrogens with zero attached hydrogens (tertiary/aromatic N) is 2. The van der Waals surface area contributed by atoms with Crippen LogP contribution in [0.4, 0.5) is 15.8 Å². The number of fused-ring (bicyclic) bond motifs is 1. The molecule has 2 saturated heterocycles. The van der Waals surface area contributed by atoms with Gasteiger partial charge in [-0.05, 0) is 43.7 Å². The first-order valence-electron chi connectivity index (χ1n) is 10.2. The van der Waals surface area contributed by atoms with E-state index in [1.165, 1.54) is 16.0 Å². The van der Waals surface area contributed by atoms with Crippen molar-refractivity contribution >= 4 is 23.2 Å². The molecule has 6 heteroatoms. The summed E-state index contributed by atoms with van der Waals surface area (Å²) < 4.78 is 14.8. The quantitative estimate of drug-likeness (QED) is 0.590. The number of hydrogen-bond donors (Lipinski definition) is 0. The van der Waals surface area contributed by atoms with Crippen molar-refractivity contribution in [1.82, 2.24) is 0 Å². The van der Waals surface area contributed by atoms with Gasteiger partial charge in [0.05, 0.1) is 17.4 Å². The van der Waals surface area contributed by atoms with Crippen LogP contribution in [0.2, 0.25) is 0 Å². The van der Waals surface area contributed by atoms with E-state index in [0.29, 0.717) is 16.9 Å². The molecular weight excluding hydrogens is 395 g/mol. The topological polar surface area (TPSA) is 49.9 Å². The third-order valence-electron chi connectivity index (χ3n) is 5.94. The molecule has 0 aliphatic carbocycles. The molecule has 2 aliphatic rings. The predicted octanol–water partition coefficient (Wildman–Crippen LogP) is 4.49. The van der Waals surface area contributed by atoms with E-state index in [4.69, 9.17) is 4.84 Å². The van der Waals surface area contributed by atoms with Gasteiger partial charge in [-0.25, -0.2) is 14.4 Å². The number of rotatable bonds is 3. The lowest BCUT2D eigenvalue weighted by atomic mass is 9.90. The Balaban J connectivity index is 1.61. The number of carbonyl (C=O) groups excluding carboxylic acids is 2. The smallest absolute Gasteiger partial charge is 0.266 e. The number of anilines is 2. The molecule has 0 aromatic heterocycles. The lowest BCUT2D eigenvalue weighted by Crippen LogP contribution is -2.38. The second-order valence-electron chi connectivity index (χ2n) is 7.98. The number of benzene rings is 3. The van der Waals surface area contributed by atoms with Crippen molar-refractivity contribution < 1.29 is 18.8 Å². The van der Waals surface area contributed by atoms with Crippen LogP contribution in [-0.4, -0.2) is 17.9 Å². The molecule has 156 valence electrons. The average Bonchev–Trinajstić information content (AvgIpc) is 3.26. The van der Waals surface area contributed by atoms with E-state index in [1.54, 1.807) is 24.3 Å². The molecule has 0 spiro atoms. The number of carbonyl (C=O) groups is 2. The van der Waals surface area contributed by atoms with Gasteiger partial charge in [0, 0.05) is 5.56 Å². The molecule has 5 rings (SSSR count). The van der Waals surface area contributed by atoms with Gasteiger partial charge in [-0.15, -0.1) is 0 Å². The summed E-state index contributed by atoms with van der Waals surface area (Å²) in [6.07, 6.45) is -1.02. The molecule has 5 nitrogen and oxygen atoms in total. The molecule has 0 radical (unpaired) electrons. The van der Waals surface area contributed by atoms with Crippen molar-refractivity contribution in [1.29, 1.82) is 0 Å². The first-order chi connectivity index (χ1) is 15.0. The van der Waals surface area contributed by atoms with Crippen LogP contribution in [0.5, 0.6) is 0 Å². The number of hydrogen-bond acceptors (Lipinski definition) is 4. The maximum Gasteiger partial charge on any atom is 0.266 e. The normalized spacial score (nSPS) is 22.9. The molecule has 31 heavy (non-hydrogen) atoms. The summed E-state index contributed by atoms with van der Waals surface area (Å²) in [6, 6.07) is 20.3. The maximum absolute atomic E-state index is 14.8. The summed E-state index contributed by atoms with van der Waals surface area (Å²) >= 11 is 0. The van der Waals surface area contributed by atoms with Crippen LogP contribution in [0.15, 0.2) is 72.8 Å². The second kappa shape index (κ2) is 7.32. The number of halogens is 1. The third kappa shape index (κ3) is 3.02. The fraction of sp³-hybridized carbons (Fsp3) is 0.200. The number of para-hydroxylation sites is 1. The van der Waals surface area contributed by atoms with Gasteiger partial charge in [0.15, 0.2) is 6.10 Å². The molecule has 2 heterocycles. The standard InChI is InChI=1S/C25H21FN2O3/c1-15-12-13-20(16(2)14-15)27-24(29)21-22(18-10-6-7-11-19(18)26)28(31-23(21)25(27)30)17-8-4-3-5-9-17/h3-14,21-23H,1-2H3. The Bertz CT molecular complexity index is 1180. The zero-order chi connectivity index (χ0) is 21.7. The minimum absolute atomic E-state index is 0.322. The van der Waals surface area contributed by atoms with Crippen molar-refractivity contribution in [2.75, 3.05) is 9.96 Å². The fourth-order valence-electron chi connectivity index (χ4n) is 4.54. The summed E-state index contributed by atoms with van der Waals surface area (Å²) in [5, 5.41) is 1.50. The monoisotopic (exact) mass is 416 g/mol. The molecule has 3 atom stereocenters. The lowest BCUT2D eigenvalue weighted by molar-refractivity contribution is -0.126. The number of hydroxylamine groups is 1. The Morgan fingerprint density at radius 1 is 0.871 bits per heavy atom. The van der Waals surface area contributed by atoms with Gasteiger partial charge < -0.3 is 0 Å². The highest BCUT2D eigenvalue weighted by molar-refractivity contribution is 6.24. The Morgan fingerprint density at radius 3 is 2.29 bits per heavy atom. The van der Waals surface area contributed by atoms with Gasteiger partial charge in [0.2, 0.25) is 5.91 Å². The second-order valence-corrected chi connectivity index (χ2v) is 7.98. The van der Waals surface area contributed by atoms with Gasteiger partial charge in [-0.2, -0.15) is 0 Å². The summed E-state index contributed by atoms with van der Waals surface area (Å²) in [4.78, 5) is 34.2. The van der Waals surface area contributed by atoms with Crippen LogP contribution in [-0.2, 0) is 14.4 Å². The van der Waals surface area contributed by atoms with E-state index >= 15 is 0 Å². The number of amides is 2. The van der Waals surface area contributed by atoms with Crippen molar-refractivity contribution in [2.24, 2.45) is 5.92 Å². The molecule has 2 aliphatic heterocycles. The zero-order valence-electron chi connectivity index (χ0n) is 17.2. The predicted molar refractivity (Wildman–Crippen MR) is 115 cm³/mol.